The molecule has 0 atom stereocenters. The van der Waals surface area contributed by atoms with Gasteiger partial charge < -0.3 is 10.1 Å². The van der Waals surface area contributed by atoms with Crippen LogP contribution >= 0.6 is 11.8 Å². The molecule has 1 fully saturated rings. The Morgan fingerprint density at radius 1 is 1.47 bits per heavy atom. The summed E-state index contributed by atoms with van der Waals surface area (Å²) >= 11 is 1.93. The second-order valence-corrected chi connectivity index (χ2v) is 5.28. The van der Waals surface area contributed by atoms with Gasteiger partial charge in [0, 0.05) is 11.3 Å². The van der Waals surface area contributed by atoms with E-state index in [1.165, 1.54) is 25.7 Å². The van der Waals surface area contributed by atoms with E-state index in [1.807, 2.05) is 18.7 Å². The molecule has 1 rings (SSSR count). The van der Waals surface area contributed by atoms with Crippen molar-refractivity contribution in [2.24, 2.45) is 0 Å². The number of esters is 1. The molecule has 0 aliphatic heterocycles. The number of carbonyl (C=O) groups is 1. The summed E-state index contributed by atoms with van der Waals surface area (Å²) in [4.78, 5) is 11.1. The van der Waals surface area contributed by atoms with E-state index in [1.54, 1.807) is 0 Å². The summed E-state index contributed by atoms with van der Waals surface area (Å²) in [5, 5.41) is 3.21. The Morgan fingerprint density at radius 3 is 2.67 bits per heavy atom. The van der Waals surface area contributed by atoms with Gasteiger partial charge >= 0.3 is 5.97 Å². The predicted octanol–water partition coefficient (Wildman–Crippen LogP) is 1.81. The van der Waals surface area contributed by atoms with Gasteiger partial charge in [-0.1, -0.05) is 12.8 Å². The maximum Gasteiger partial charge on any atom is 0.319 e. The third-order valence-electron chi connectivity index (χ3n) is 2.97. The zero-order valence-corrected chi connectivity index (χ0v) is 10.5. The Labute approximate surface area is 96.3 Å². The Bertz CT molecular complexity index is 203. The molecule has 0 aromatic carbocycles. The van der Waals surface area contributed by atoms with Gasteiger partial charge in [-0.25, -0.2) is 0 Å². The summed E-state index contributed by atoms with van der Waals surface area (Å²) in [5.74, 6) is -0.147. The van der Waals surface area contributed by atoms with E-state index in [0.29, 0.717) is 17.9 Å². The van der Waals surface area contributed by atoms with Crippen LogP contribution in [-0.2, 0) is 9.53 Å². The fourth-order valence-electron chi connectivity index (χ4n) is 2.08. The van der Waals surface area contributed by atoms with E-state index in [0.717, 1.165) is 6.54 Å². The average molecular weight is 231 g/mol. The van der Waals surface area contributed by atoms with Gasteiger partial charge in [-0.3, -0.25) is 4.79 Å². The number of hydrogen-bond donors (Lipinski definition) is 1. The van der Waals surface area contributed by atoms with Crippen LogP contribution in [0.15, 0.2) is 0 Å². The molecular formula is C11H21NO2S. The first-order chi connectivity index (χ1) is 7.22. The highest BCUT2D eigenvalue weighted by Crippen LogP contribution is 2.39. The van der Waals surface area contributed by atoms with Crippen molar-refractivity contribution in [1.82, 2.24) is 5.32 Å². The summed E-state index contributed by atoms with van der Waals surface area (Å²) < 4.78 is 5.23. The topological polar surface area (TPSA) is 38.3 Å². The molecule has 1 aliphatic carbocycles. The highest BCUT2D eigenvalue weighted by molar-refractivity contribution is 8.00. The molecule has 15 heavy (non-hydrogen) atoms. The van der Waals surface area contributed by atoms with Crippen LogP contribution in [0.2, 0.25) is 0 Å². The zero-order valence-electron chi connectivity index (χ0n) is 9.67. The van der Waals surface area contributed by atoms with Gasteiger partial charge in [-0.15, -0.1) is 0 Å². The molecule has 88 valence electrons. The molecule has 0 aromatic heterocycles. The van der Waals surface area contributed by atoms with Crippen LogP contribution in [0.25, 0.3) is 0 Å². The highest BCUT2D eigenvalue weighted by atomic mass is 32.2. The molecule has 0 unspecified atom stereocenters. The fraction of sp³-hybridized carbons (Fsp3) is 0.909. The van der Waals surface area contributed by atoms with Crippen LogP contribution in [-0.4, -0.2) is 36.7 Å². The number of thioether (sulfide) groups is 1. The second kappa shape index (κ2) is 6.38. The summed E-state index contributed by atoms with van der Waals surface area (Å²) in [6.07, 6.45) is 7.34. The van der Waals surface area contributed by atoms with E-state index in [2.05, 4.69) is 11.6 Å². The first kappa shape index (κ1) is 12.8. The summed E-state index contributed by atoms with van der Waals surface area (Å²) in [5.41, 5.74) is 0. The Morgan fingerprint density at radius 2 is 2.13 bits per heavy atom. The van der Waals surface area contributed by atoms with Gasteiger partial charge in [-0.05, 0) is 26.0 Å². The normalized spacial score (nSPS) is 19.1. The monoisotopic (exact) mass is 231 g/mol. The van der Waals surface area contributed by atoms with Crippen molar-refractivity contribution in [3.8, 4) is 0 Å². The van der Waals surface area contributed by atoms with Gasteiger partial charge in [0.25, 0.3) is 0 Å². The lowest BCUT2D eigenvalue weighted by atomic mass is 10.1. The largest absolute Gasteiger partial charge is 0.465 e. The molecule has 0 saturated heterocycles. The lowest BCUT2D eigenvalue weighted by Crippen LogP contribution is -2.38. The number of ether oxygens (including phenoxy) is 1. The predicted molar refractivity (Wildman–Crippen MR) is 64.2 cm³/mol. The van der Waals surface area contributed by atoms with Crippen LogP contribution in [0.3, 0.4) is 0 Å². The van der Waals surface area contributed by atoms with Gasteiger partial charge in [0.15, 0.2) is 0 Å². The van der Waals surface area contributed by atoms with Crippen molar-refractivity contribution in [2.75, 3.05) is 26.0 Å². The van der Waals surface area contributed by atoms with Gasteiger partial charge in [0.2, 0.25) is 0 Å². The maximum atomic E-state index is 11.1. The van der Waals surface area contributed by atoms with E-state index >= 15 is 0 Å². The third-order valence-corrected chi connectivity index (χ3v) is 4.39. The van der Waals surface area contributed by atoms with Crippen molar-refractivity contribution in [2.45, 2.75) is 37.4 Å². The molecule has 0 radical (unpaired) electrons. The van der Waals surface area contributed by atoms with Crippen molar-refractivity contribution >= 4 is 17.7 Å². The molecule has 1 N–H and O–H groups in total. The molecule has 3 nitrogen and oxygen atoms in total. The standard InChI is InChI=1S/C11H21NO2S/c1-3-14-10(13)8-12-9-11(15-2)6-4-5-7-11/h12H,3-9H2,1-2H3. The van der Waals surface area contributed by atoms with Crippen LogP contribution in [0.4, 0.5) is 0 Å². The van der Waals surface area contributed by atoms with Gasteiger partial charge in [0.1, 0.15) is 0 Å². The van der Waals surface area contributed by atoms with Crippen LogP contribution in [0.1, 0.15) is 32.6 Å². The first-order valence-electron chi connectivity index (χ1n) is 5.64. The number of nitrogens with one attached hydrogen (secondary N) is 1. The number of rotatable bonds is 6. The highest BCUT2D eigenvalue weighted by Gasteiger charge is 2.32. The van der Waals surface area contributed by atoms with E-state index in [4.69, 9.17) is 4.74 Å². The molecule has 0 heterocycles. The fourth-order valence-corrected chi connectivity index (χ4v) is 3.02. The molecule has 1 aliphatic rings. The van der Waals surface area contributed by atoms with E-state index in [9.17, 15) is 4.79 Å². The summed E-state index contributed by atoms with van der Waals surface area (Å²) in [7, 11) is 0. The molecular weight excluding hydrogens is 210 g/mol. The van der Waals surface area contributed by atoms with Crippen molar-refractivity contribution in [3.63, 3.8) is 0 Å². The molecule has 4 heteroatoms. The minimum atomic E-state index is -0.147. The molecule has 0 bridgehead atoms. The average Bonchev–Trinajstić information content (AvgIpc) is 2.68. The summed E-state index contributed by atoms with van der Waals surface area (Å²) in [6, 6.07) is 0. The van der Waals surface area contributed by atoms with Gasteiger partial charge in [0.05, 0.1) is 13.2 Å². The lowest BCUT2D eigenvalue weighted by molar-refractivity contribution is -0.142. The van der Waals surface area contributed by atoms with Crippen molar-refractivity contribution in [1.29, 1.82) is 0 Å². The maximum absolute atomic E-state index is 11.1. The van der Waals surface area contributed by atoms with Gasteiger partial charge in [-0.2, -0.15) is 11.8 Å². The quantitative estimate of drug-likeness (QED) is 0.708. The minimum absolute atomic E-state index is 0.147. The van der Waals surface area contributed by atoms with Crippen molar-refractivity contribution in [3.05, 3.63) is 0 Å². The van der Waals surface area contributed by atoms with Crippen molar-refractivity contribution < 1.29 is 9.53 Å². The Kier molecular flexibility index (Phi) is 5.47. The van der Waals surface area contributed by atoms with E-state index in [-0.39, 0.29) is 5.97 Å². The summed E-state index contributed by atoms with van der Waals surface area (Å²) in [6.45, 7) is 3.57. The second-order valence-electron chi connectivity index (χ2n) is 4.00. The Hall–Kier alpha value is -0.220. The van der Waals surface area contributed by atoms with Crippen LogP contribution < -0.4 is 5.32 Å². The van der Waals surface area contributed by atoms with E-state index < -0.39 is 0 Å². The number of hydrogen-bond acceptors (Lipinski definition) is 4. The molecule has 0 spiro atoms. The lowest BCUT2D eigenvalue weighted by Gasteiger charge is -2.26. The molecule has 0 amide bonds. The number of carbonyl (C=O) groups excluding carboxylic acids is 1. The molecule has 1 saturated carbocycles. The van der Waals surface area contributed by atoms with Crippen LogP contribution in [0.5, 0.6) is 0 Å². The SMILES string of the molecule is CCOC(=O)CNCC1(SC)CCCC1. The molecule has 0 aromatic rings. The smallest absolute Gasteiger partial charge is 0.319 e. The Balaban J connectivity index is 2.20. The minimum Gasteiger partial charge on any atom is -0.465 e. The first-order valence-corrected chi connectivity index (χ1v) is 6.86. The zero-order chi connectivity index (χ0) is 11.1. The van der Waals surface area contributed by atoms with Crippen LogP contribution in [0, 0.1) is 0 Å². The third kappa shape index (κ3) is 4.03.